The number of carbonyl (C=O) groups excluding carboxylic acids is 1. The number of carbonyl (C=O) groups is 1. The van der Waals surface area contributed by atoms with E-state index in [2.05, 4.69) is 53.5 Å². The average Bonchev–Trinajstić information content (AvgIpc) is 2.34. The minimum Gasteiger partial charge on any atom is -0.355 e. The van der Waals surface area contributed by atoms with Crippen molar-refractivity contribution in [3.05, 3.63) is 0 Å². The highest BCUT2D eigenvalue weighted by Crippen LogP contribution is 2.03. The lowest BCUT2D eigenvalue weighted by Crippen LogP contribution is -2.49. The van der Waals surface area contributed by atoms with Gasteiger partial charge in [0.2, 0.25) is 5.91 Å². The van der Waals surface area contributed by atoms with E-state index >= 15 is 0 Å². The van der Waals surface area contributed by atoms with Gasteiger partial charge in [-0.1, -0.05) is 0 Å². The van der Waals surface area contributed by atoms with Crippen LogP contribution in [0.3, 0.4) is 0 Å². The SMILES string of the molecule is CN=C(NCCN(C(C)C)C(C)C)NCC(=O)NC(C)(C)C. The maximum atomic E-state index is 11.8. The van der Waals surface area contributed by atoms with Crippen molar-refractivity contribution in [1.82, 2.24) is 20.9 Å². The van der Waals surface area contributed by atoms with Crippen molar-refractivity contribution in [1.29, 1.82) is 0 Å². The Bertz CT molecular complexity index is 350. The molecule has 0 spiro atoms. The Morgan fingerprint density at radius 1 is 1.09 bits per heavy atom. The minimum atomic E-state index is -0.218. The molecule has 0 saturated carbocycles. The Morgan fingerprint density at radius 2 is 1.64 bits per heavy atom. The van der Waals surface area contributed by atoms with Crippen LogP contribution in [0.1, 0.15) is 48.5 Å². The summed E-state index contributed by atoms with van der Waals surface area (Å²) in [7, 11) is 1.71. The number of nitrogens with one attached hydrogen (secondary N) is 3. The van der Waals surface area contributed by atoms with Gasteiger partial charge in [0.25, 0.3) is 0 Å². The summed E-state index contributed by atoms with van der Waals surface area (Å²) in [5, 5.41) is 9.19. The molecule has 130 valence electrons. The lowest BCUT2D eigenvalue weighted by atomic mass is 10.1. The van der Waals surface area contributed by atoms with Crippen molar-refractivity contribution in [2.24, 2.45) is 4.99 Å². The third-order valence-corrected chi connectivity index (χ3v) is 3.14. The maximum Gasteiger partial charge on any atom is 0.239 e. The third kappa shape index (κ3) is 9.60. The van der Waals surface area contributed by atoms with Crippen molar-refractivity contribution in [2.45, 2.75) is 66.1 Å². The zero-order valence-electron chi connectivity index (χ0n) is 15.6. The van der Waals surface area contributed by atoms with Crippen LogP contribution in [0.4, 0.5) is 0 Å². The zero-order chi connectivity index (χ0) is 17.3. The quantitative estimate of drug-likeness (QED) is 0.488. The predicted octanol–water partition coefficient (Wildman–Crippen LogP) is 1.18. The van der Waals surface area contributed by atoms with E-state index in [-0.39, 0.29) is 18.0 Å². The molecule has 3 N–H and O–H groups in total. The van der Waals surface area contributed by atoms with Crippen molar-refractivity contribution >= 4 is 11.9 Å². The van der Waals surface area contributed by atoms with Gasteiger partial charge < -0.3 is 16.0 Å². The van der Waals surface area contributed by atoms with E-state index in [9.17, 15) is 4.79 Å². The second kappa shape index (κ2) is 9.66. The highest BCUT2D eigenvalue weighted by Gasteiger charge is 2.14. The lowest BCUT2D eigenvalue weighted by molar-refractivity contribution is -0.121. The van der Waals surface area contributed by atoms with Gasteiger partial charge in [0, 0.05) is 37.8 Å². The van der Waals surface area contributed by atoms with Crippen LogP contribution in [-0.2, 0) is 4.79 Å². The Balaban J connectivity index is 4.16. The van der Waals surface area contributed by atoms with Crippen molar-refractivity contribution in [3.8, 4) is 0 Å². The van der Waals surface area contributed by atoms with Crippen LogP contribution in [0.15, 0.2) is 4.99 Å². The van der Waals surface area contributed by atoms with Crippen LogP contribution < -0.4 is 16.0 Å². The first-order valence-corrected chi connectivity index (χ1v) is 8.08. The summed E-state index contributed by atoms with van der Waals surface area (Å²) in [6.07, 6.45) is 0. The highest BCUT2D eigenvalue weighted by atomic mass is 16.2. The number of rotatable bonds is 7. The van der Waals surface area contributed by atoms with Gasteiger partial charge in [0.1, 0.15) is 0 Å². The van der Waals surface area contributed by atoms with Crippen LogP contribution in [0.25, 0.3) is 0 Å². The van der Waals surface area contributed by atoms with E-state index in [0.29, 0.717) is 18.0 Å². The van der Waals surface area contributed by atoms with Gasteiger partial charge in [-0.3, -0.25) is 14.7 Å². The van der Waals surface area contributed by atoms with E-state index in [1.165, 1.54) is 0 Å². The largest absolute Gasteiger partial charge is 0.355 e. The number of nitrogens with zero attached hydrogens (tertiary/aromatic N) is 2. The topological polar surface area (TPSA) is 68.8 Å². The number of hydrogen-bond donors (Lipinski definition) is 3. The van der Waals surface area contributed by atoms with Gasteiger partial charge in [-0.15, -0.1) is 0 Å². The van der Waals surface area contributed by atoms with Gasteiger partial charge in [-0.05, 0) is 48.5 Å². The Labute approximate surface area is 136 Å². The molecule has 0 atom stereocenters. The fourth-order valence-electron chi connectivity index (χ4n) is 2.26. The second-order valence-electron chi connectivity index (χ2n) is 7.08. The highest BCUT2D eigenvalue weighted by molar-refractivity contribution is 5.86. The molecule has 0 aromatic carbocycles. The molecule has 0 aliphatic heterocycles. The van der Waals surface area contributed by atoms with Gasteiger partial charge in [0.05, 0.1) is 6.54 Å². The molecule has 0 bridgehead atoms. The summed E-state index contributed by atoms with van der Waals surface area (Å²) in [5.41, 5.74) is -0.218. The van der Waals surface area contributed by atoms with E-state index in [1.54, 1.807) is 7.05 Å². The molecule has 0 rings (SSSR count). The molecule has 1 amide bonds. The van der Waals surface area contributed by atoms with E-state index in [0.717, 1.165) is 13.1 Å². The molecule has 0 aromatic heterocycles. The number of guanidine groups is 1. The molecule has 0 radical (unpaired) electrons. The smallest absolute Gasteiger partial charge is 0.239 e. The van der Waals surface area contributed by atoms with Crippen LogP contribution in [-0.4, -0.2) is 61.1 Å². The molecule has 0 heterocycles. The summed E-state index contributed by atoms with van der Waals surface area (Å²) < 4.78 is 0. The van der Waals surface area contributed by atoms with Crippen molar-refractivity contribution < 1.29 is 4.79 Å². The first kappa shape index (κ1) is 20.7. The Kier molecular flexibility index (Phi) is 9.09. The molecule has 6 heteroatoms. The summed E-state index contributed by atoms with van der Waals surface area (Å²) in [5.74, 6) is 0.609. The summed E-state index contributed by atoms with van der Waals surface area (Å²) >= 11 is 0. The first-order valence-electron chi connectivity index (χ1n) is 8.08. The van der Waals surface area contributed by atoms with Crippen LogP contribution in [0.5, 0.6) is 0 Å². The predicted molar refractivity (Wildman–Crippen MR) is 94.2 cm³/mol. The zero-order valence-corrected chi connectivity index (χ0v) is 15.6. The second-order valence-corrected chi connectivity index (χ2v) is 7.08. The number of hydrogen-bond acceptors (Lipinski definition) is 3. The van der Waals surface area contributed by atoms with Crippen LogP contribution >= 0.6 is 0 Å². The average molecular weight is 313 g/mol. The minimum absolute atomic E-state index is 0.0403. The molecule has 0 saturated heterocycles. The summed E-state index contributed by atoms with van der Waals surface area (Å²) in [6.45, 7) is 16.6. The summed E-state index contributed by atoms with van der Waals surface area (Å²) in [6, 6.07) is 1.02. The van der Waals surface area contributed by atoms with E-state index in [4.69, 9.17) is 0 Å². The monoisotopic (exact) mass is 313 g/mol. The van der Waals surface area contributed by atoms with Gasteiger partial charge in [-0.25, -0.2) is 0 Å². The first-order chi connectivity index (χ1) is 10.1. The van der Waals surface area contributed by atoms with Crippen molar-refractivity contribution in [2.75, 3.05) is 26.7 Å². The molecule has 0 aliphatic rings. The molecule has 0 aromatic rings. The van der Waals surface area contributed by atoms with Gasteiger partial charge in [-0.2, -0.15) is 0 Å². The molecule has 0 unspecified atom stereocenters. The fraction of sp³-hybridized carbons (Fsp3) is 0.875. The lowest BCUT2D eigenvalue weighted by Gasteiger charge is -2.30. The maximum absolute atomic E-state index is 11.8. The fourth-order valence-corrected chi connectivity index (χ4v) is 2.26. The molecular weight excluding hydrogens is 278 g/mol. The van der Waals surface area contributed by atoms with Crippen LogP contribution in [0, 0.1) is 0 Å². The molecule has 22 heavy (non-hydrogen) atoms. The molecule has 6 nitrogen and oxygen atoms in total. The van der Waals surface area contributed by atoms with Crippen LogP contribution in [0.2, 0.25) is 0 Å². The standard InChI is InChI=1S/C16H35N5O/c1-12(2)21(13(3)4)10-9-18-15(17-8)19-11-14(22)20-16(5,6)7/h12-13H,9-11H2,1-8H3,(H,20,22)(H2,17,18,19). The molecule has 0 aliphatic carbocycles. The third-order valence-electron chi connectivity index (χ3n) is 3.14. The number of aliphatic imine (C=N–C) groups is 1. The molecular formula is C16H35N5O. The van der Waals surface area contributed by atoms with E-state index < -0.39 is 0 Å². The van der Waals surface area contributed by atoms with Gasteiger partial charge >= 0.3 is 0 Å². The van der Waals surface area contributed by atoms with Crippen molar-refractivity contribution in [3.63, 3.8) is 0 Å². The van der Waals surface area contributed by atoms with Gasteiger partial charge in [0.15, 0.2) is 5.96 Å². The van der Waals surface area contributed by atoms with E-state index in [1.807, 2.05) is 20.8 Å². The normalized spacial score (nSPS) is 13.0. The Hall–Kier alpha value is -1.30. The summed E-state index contributed by atoms with van der Waals surface area (Å²) in [4.78, 5) is 18.3. The Morgan fingerprint density at radius 3 is 2.05 bits per heavy atom. The number of amides is 1. The molecule has 0 fully saturated rings.